The molecule has 11 nitrogen and oxygen atoms in total. The Morgan fingerprint density at radius 3 is 2.38 bits per heavy atom. The Morgan fingerprint density at radius 2 is 1.71 bits per heavy atom. The maximum absolute atomic E-state index is 10.4. The van der Waals surface area contributed by atoms with Crippen LogP contribution in [0.15, 0.2) is 4.99 Å². The van der Waals surface area contributed by atoms with Crippen molar-refractivity contribution >= 4 is 5.96 Å². The van der Waals surface area contributed by atoms with Crippen LogP contribution in [-0.4, -0.2) is 84.5 Å². The monoisotopic (exact) mass is 305 g/mol. The predicted octanol–water partition coefficient (Wildman–Crippen LogP) is -5.56. The highest BCUT2D eigenvalue weighted by Gasteiger charge is 2.83. The second-order valence-corrected chi connectivity index (χ2v) is 5.85. The average Bonchev–Trinajstić information content (AvgIpc) is 2.36. The Morgan fingerprint density at radius 1 is 1.10 bits per heavy atom. The van der Waals surface area contributed by atoms with Crippen LogP contribution >= 0.6 is 0 Å². The second kappa shape index (κ2) is 3.47. The Hall–Kier alpha value is -1.05. The lowest BCUT2D eigenvalue weighted by Crippen LogP contribution is -2.95. The van der Waals surface area contributed by atoms with E-state index in [4.69, 9.17) is 15.2 Å². The van der Waals surface area contributed by atoms with Crippen molar-refractivity contribution in [3.8, 4) is 0 Å². The van der Waals surface area contributed by atoms with Crippen molar-refractivity contribution in [2.45, 2.75) is 47.9 Å². The Kier molecular flexibility index (Phi) is 2.25. The Balaban J connectivity index is 1.95. The highest BCUT2D eigenvalue weighted by Crippen LogP contribution is 2.57. The first kappa shape index (κ1) is 13.6. The first-order chi connectivity index (χ1) is 9.64. The molecule has 4 bridgehead atoms. The maximum atomic E-state index is 10.4. The first-order valence-electron chi connectivity index (χ1n) is 6.33. The molecular formula is C10H15N3O8. The normalized spacial score (nSPS) is 60.2. The fraction of sp³-hybridized carbons (Fsp3) is 0.900. The number of nitrogens with one attached hydrogen (secondary N) is 1. The number of aliphatic hydroxyl groups is 6. The molecule has 0 aromatic rings. The van der Waals surface area contributed by atoms with Crippen LogP contribution in [0, 0.1) is 5.92 Å². The lowest BCUT2D eigenvalue weighted by molar-refractivity contribution is -0.569. The molecule has 118 valence electrons. The van der Waals surface area contributed by atoms with Crippen molar-refractivity contribution in [3.63, 3.8) is 0 Å². The van der Waals surface area contributed by atoms with Gasteiger partial charge in [0.15, 0.2) is 18.3 Å². The zero-order valence-corrected chi connectivity index (χ0v) is 10.5. The van der Waals surface area contributed by atoms with Gasteiger partial charge in [0.1, 0.15) is 23.9 Å². The summed E-state index contributed by atoms with van der Waals surface area (Å²) in [4.78, 5) is 3.63. The van der Waals surface area contributed by atoms with Crippen LogP contribution < -0.4 is 11.1 Å². The van der Waals surface area contributed by atoms with Crippen LogP contribution in [0.3, 0.4) is 0 Å². The zero-order chi connectivity index (χ0) is 15.4. The van der Waals surface area contributed by atoms with Gasteiger partial charge in [-0.2, -0.15) is 0 Å². The largest absolute Gasteiger partial charge is 0.388 e. The maximum Gasteiger partial charge on any atom is 0.311 e. The zero-order valence-electron chi connectivity index (χ0n) is 10.5. The highest BCUT2D eigenvalue weighted by atomic mass is 16.9. The van der Waals surface area contributed by atoms with Gasteiger partial charge in [0.25, 0.3) is 0 Å². The van der Waals surface area contributed by atoms with Gasteiger partial charge in [0.05, 0.1) is 5.92 Å². The average molecular weight is 305 g/mol. The molecule has 4 aliphatic heterocycles. The van der Waals surface area contributed by atoms with Gasteiger partial charge in [-0.15, -0.1) is 0 Å². The molecule has 4 fully saturated rings. The topological polar surface area (TPSA) is 190 Å². The molecule has 1 saturated carbocycles. The van der Waals surface area contributed by atoms with E-state index in [0.29, 0.717) is 0 Å². The Labute approximate surface area is 117 Å². The van der Waals surface area contributed by atoms with Crippen molar-refractivity contribution in [1.82, 2.24) is 5.32 Å². The number of rotatable bonds is 0. The summed E-state index contributed by atoms with van der Waals surface area (Å²) >= 11 is 0. The van der Waals surface area contributed by atoms with Gasteiger partial charge in [-0.1, -0.05) is 0 Å². The van der Waals surface area contributed by atoms with Crippen LogP contribution in [0.2, 0.25) is 0 Å². The standard InChI is InChI=1S/C10H15N3O8/c11-7-12-5(15)1-3-9(17,18)4-2(14)8(1,13-7)6(16)10(19,20-3)21-4/h1-6,14-19H,(H3,11,12,13)/t1-,2?,3-,4+,5-,6+,8-,10+/m1/s1. The van der Waals surface area contributed by atoms with E-state index in [1.54, 1.807) is 0 Å². The van der Waals surface area contributed by atoms with Crippen molar-refractivity contribution in [2.75, 3.05) is 0 Å². The summed E-state index contributed by atoms with van der Waals surface area (Å²) < 4.78 is 9.91. The predicted molar refractivity (Wildman–Crippen MR) is 60.9 cm³/mol. The van der Waals surface area contributed by atoms with Crippen LogP contribution in [0.1, 0.15) is 0 Å². The molecule has 21 heavy (non-hydrogen) atoms. The van der Waals surface area contributed by atoms with E-state index in [1.165, 1.54) is 0 Å². The lowest BCUT2D eigenvalue weighted by Gasteiger charge is -2.70. The number of aliphatic imine (C=N–C) groups is 1. The van der Waals surface area contributed by atoms with Crippen molar-refractivity contribution in [2.24, 2.45) is 16.6 Å². The third-order valence-corrected chi connectivity index (χ3v) is 4.82. The van der Waals surface area contributed by atoms with Gasteiger partial charge in [0, 0.05) is 0 Å². The quantitative estimate of drug-likeness (QED) is 0.200. The van der Waals surface area contributed by atoms with E-state index in [1.807, 2.05) is 0 Å². The summed E-state index contributed by atoms with van der Waals surface area (Å²) in [6, 6.07) is 0. The minimum atomic E-state index is -2.69. The molecule has 8 atom stereocenters. The SMILES string of the molecule is NC1=N[C@H](O)[C@H]2[C@H]3O[C@]4(O)O[C@@H](C(O)[C@@]2(N1)[C@@H]4O)C3(O)O. The number of nitrogens with two attached hydrogens (primary N) is 1. The molecule has 0 aromatic heterocycles. The van der Waals surface area contributed by atoms with Gasteiger partial charge >= 0.3 is 5.97 Å². The number of hydrogen-bond acceptors (Lipinski definition) is 11. The van der Waals surface area contributed by atoms with E-state index in [9.17, 15) is 30.6 Å². The van der Waals surface area contributed by atoms with E-state index in [-0.39, 0.29) is 5.96 Å². The number of aliphatic hydroxyl groups excluding tert-OH is 3. The fourth-order valence-electron chi connectivity index (χ4n) is 3.94. The molecule has 0 radical (unpaired) electrons. The molecule has 0 aromatic carbocycles. The van der Waals surface area contributed by atoms with Crippen LogP contribution in [-0.2, 0) is 9.47 Å². The molecule has 0 amide bonds. The fourth-order valence-corrected chi connectivity index (χ4v) is 3.94. The number of nitrogens with zero attached hydrogens (tertiary/aromatic N) is 1. The number of hydrogen-bond donors (Lipinski definition) is 8. The summed E-state index contributed by atoms with van der Waals surface area (Å²) in [7, 11) is 0. The van der Waals surface area contributed by atoms with Crippen LogP contribution in [0.4, 0.5) is 0 Å². The van der Waals surface area contributed by atoms with Crippen LogP contribution in [0.5, 0.6) is 0 Å². The molecule has 1 aliphatic carbocycles. The second-order valence-electron chi connectivity index (χ2n) is 5.85. The van der Waals surface area contributed by atoms with Crippen molar-refractivity contribution in [3.05, 3.63) is 0 Å². The van der Waals surface area contributed by atoms with Crippen molar-refractivity contribution in [1.29, 1.82) is 0 Å². The smallest absolute Gasteiger partial charge is 0.311 e. The molecule has 1 unspecified atom stereocenters. The number of guanidine groups is 1. The third-order valence-electron chi connectivity index (χ3n) is 4.82. The summed E-state index contributed by atoms with van der Waals surface area (Å²) in [5.41, 5.74) is 3.74. The van der Waals surface area contributed by atoms with Crippen LogP contribution in [0.25, 0.3) is 0 Å². The van der Waals surface area contributed by atoms with Crippen molar-refractivity contribution < 1.29 is 40.1 Å². The summed E-state index contributed by atoms with van der Waals surface area (Å²) in [6.07, 6.45) is -8.37. The van der Waals surface area contributed by atoms with E-state index in [2.05, 4.69) is 10.3 Å². The molecule has 11 heteroatoms. The minimum Gasteiger partial charge on any atom is -0.388 e. The van der Waals surface area contributed by atoms with Gasteiger partial charge in [-0.05, 0) is 0 Å². The molecule has 9 N–H and O–H groups in total. The molecule has 5 aliphatic rings. The van der Waals surface area contributed by atoms with Gasteiger partial charge in [0.2, 0.25) is 5.79 Å². The highest BCUT2D eigenvalue weighted by molar-refractivity contribution is 5.80. The van der Waals surface area contributed by atoms with Gasteiger partial charge in [-0.25, -0.2) is 4.99 Å². The molecule has 3 saturated heterocycles. The van der Waals surface area contributed by atoms with Gasteiger partial charge < -0.3 is 51.2 Å². The third kappa shape index (κ3) is 1.25. The van der Waals surface area contributed by atoms with E-state index < -0.39 is 53.9 Å². The minimum absolute atomic E-state index is 0.274. The molecule has 5 rings (SSSR count). The summed E-state index contributed by atoms with van der Waals surface area (Å²) in [5, 5.41) is 63.8. The summed E-state index contributed by atoms with van der Waals surface area (Å²) in [6.45, 7) is 0. The van der Waals surface area contributed by atoms with E-state index >= 15 is 0 Å². The number of ether oxygens (including phenoxy) is 2. The van der Waals surface area contributed by atoms with E-state index in [0.717, 1.165) is 0 Å². The molecule has 4 heterocycles. The molecule has 1 spiro atoms. The molecular weight excluding hydrogens is 290 g/mol. The Bertz CT molecular complexity index is 542. The first-order valence-corrected chi connectivity index (χ1v) is 6.33. The summed E-state index contributed by atoms with van der Waals surface area (Å²) in [5.74, 6) is -6.80. The lowest BCUT2D eigenvalue weighted by atomic mass is 9.58. The van der Waals surface area contributed by atoms with Gasteiger partial charge in [-0.3, -0.25) is 0 Å².